The Hall–Kier alpha value is -1.47. The first-order valence-corrected chi connectivity index (χ1v) is 24.2. The molecular weight excluding hydrogens is 699 g/mol. The molecule has 318 valence electrons. The van der Waals surface area contributed by atoms with Crippen LogP contribution in [0, 0.1) is 0 Å². The molecule has 0 aliphatic rings. The maximum Gasteiger partial charge on any atom is 0.469 e. The second-order valence-electron chi connectivity index (χ2n) is 15.4. The van der Waals surface area contributed by atoms with Crippen LogP contribution in [-0.4, -0.2) is 41.0 Å². The number of unbranched alkanes of at least 4 members (excludes halogenated alkanes) is 28. The molecule has 0 spiro atoms. The number of allylic oxidation sites excluding steroid dienone is 4. The molecule has 54 heavy (non-hydrogen) atoms. The minimum Gasteiger partial charge on any atom is -0.462 e. The van der Waals surface area contributed by atoms with Gasteiger partial charge in [0.25, 0.3) is 0 Å². The van der Waals surface area contributed by atoms with Gasteiger partial charge in [-0.05, 0) is 38.5 Å². The summed E-state index contributed by atoms with van der Waals surface area (Å²) < 4.78 is 26.4. The lowest BCUT2D eigenvalue weighted by molar-refractivity contribution is -0.161. The highest BCUT2D eigenvalue weighted by Gasteiger charge is 2.22. The van der Waals surface area contributed by atoms with Gasteiger partial charge in [0.1, 0.15) is 6.61 Å². The maximum absolute atomic E-state index is 12.4. The smallest absolute Gasteiger partial charge is 0.462 e. The number of phosphoric ester groups is 1. The Balaban J connectivity index is 3.79. The van der Waals surface area contributed by atoms with Crippen molar-refractivity contribution in [3.8, 4) is 0 Å². The van der Waals surface area contributed by atoms with Gasteiger partial charge in [-0.1, -0.05) is 205 Å². The number of hydrogen-bond acceptors (Lipinski definition) is 6. The molecule has 9 heteroatoms. The van der Waals surface area contributed by atoms with E-state index in [2.05, 4.69) is 42.7 Å². The summed E-state index contributed by atoms with van der Waals surface area (Å²) in [7, 11) is -4.75. The van der Waals surface area contributed by atoms with Crippen molar-refractivity contribution in [1.82, 2.24) is 0 Å². The zero-order valence-corrected chi connectivity index (χ0v) is 36.0. The first kappa shape index (κ1) is 52.5. The predicted molar refractivity (Wildman–Crippen MR) is 225 cm³/mol. The van der Waals surface area contributed by atoms with Crippen molar-refractivity contribution in [3.63, 3.8) is 0 Å². The molecule has 0 bridgehead atoms. The fraction of sp³-hybridized carbons (Fsp3) is 0.867. The number of ether oxygens (including phenoxy) is 2. The Labute approximate surface area is 332 Å². The van der Waals surface area contributed by atoms with E-state index in [4.69, 9.17) is 19.3 Å². The van der Waals surface area contributed by atoms with E-state index in [1.165, 1.54) is 135 Å². The summed E-state index contributed by atoms with van der Waals surface area (Å²) in [5.41, 5.74) is 0. The number of hydrogen-bond donors (Lipinski definition) is 2. The summed E-state index contributed by atoms with van der Waals surface area (Å²) in [4.78, 5) is 42.9. The average Bonchev–Trinajstić information content (AvgIpc) is 3.14. The third-order valence-electron chi connectivity index (χ3n) is 9.95. The van der Waals surface area contributed by atoms with Crippen molar-refractivity contribution < 1.29 is 37.9 Å². The van der Waals surface area contributed by atoms with Crippen LogP contribution >= 0.6 is 7.82 Å². The minimum atomic E-state index is -4.75. The first-order valence-electron chi connectivity index (χ1n) is 22.6. The lowest BCUT2D eigenvalue weighted by Gasteiger charge is -2.18. The summed E-state index contributed by atoms with van der Waals surface area (Å²) in [5.74, 6) is -0.891. The molecule has 0 aliphatic heterocycles. The van der Waals surface area contributed by atoms with Gasteiger partial charge in [0.05, 0.1) is 6.61 Å². The van der Waals surface area contributed by atoms with Crippen molar-refractivity contribution in [2.24, 2.45) is 0 Å². The third-order valence-corrected chi connectivity index (χ3v) is 10.4. The molecule has 0 saturated carbocycles. The summed E-state index contributed by atoms with van der Waals surface area (Å²) >= 11 is 0. The van der Waals surface area contributed by atoms with Crippen LogP contribution in [0.15, 0.2) is 24.3 Å². The number of rotatable bonds is 42. The van der Waals surface area contributed by atoms with Gasteiger partial charge in [-0.3, -0.25) is 14.1 Å². The minimum absolute atomic E-state index is 0.198. The Morgan fingerprint density at radius 1 is 0.481 bits per heavy atom. The highest BCUT2D eigenvalue weighted by molar-refractivity contribution is 7.46. The molecule has 0 aromatic heterocycles. The molecule has 1 unspecified atom stereocenters. The van der Waals surface area contributed by atoms with E-state index < -0.39 is 32.5 Å². The van der Waals surface area contributed by atoms with Crippen LogP contribution in [0.2, 0.25) is 0 Å². The van der Waals surface area contributed by atoms with E-state index in [1.807, 2.05) is 0 Å². The van der Waals surface area contributed by atoms with Gasteiger partial charge < -0.3 is 19.3 Å². The summed E-state index contributed by atoms with van der Waals surface area (Å²) in [6.45, 7) is 3.63. The fourth-order valence-corrected chi connectivity index (χ4v) is 6.95. The van der Waals surface area contributed by atoms with Gasteiger partial charge in [-0.2, -0.15) is 0 Å². The lowest BCUT2D eigenvalue weighted by atomic mass is 10.0. The molecule has 0 heterocycles. The van der Waals surface area contributed by atoms with Crippen molar-refractivity contribution in [3.05, 3.63) is 24.3 Å². The van der Waals surface area contributed by atoms with Gasteiger partial charge >= 0.3 is 19.8 Å². The van der Waals surface area contributed by atoms with E-state index in [0.717, 1.165) is 64.2 Å². The predicted octanol–water partition coefficient (Wildman–Crippen LogP) is 14.0. The van der Waals surface area contributed by atoms with E-state index in [9.17, 15) is 14.2 Å². The maximum atomic E-state index is 12.4. The summed E-state index contributed by atoms with van der Waals surface area (Å²) in [6.07, 6.45) is 47.7. The molecule has 2 N–H and O–H groups in total. The van der Waals surface area contributed by atoms with E-state index in [0.29, 0.717) is 6.42 Å². The monoisotopic (exact) mass is 785 g/mol. The van der Waals surface area contributed by atoms with Crippen LogP contribution in [0.5, 0.6) is 0 Å². The SMILES string of the molecule is CCC/C=C\C/C=C\CCCCCCCC(=O)OC(COC(=O)CCCCCCCCCCCCCCCCCCCCCCCCC)COP(=O)(O)O. The topological polar surface area (TPSA) is 119 Å². The van der Waals surface area contributed by atoms with Gasteiger partial charge in [0.15, 0.2) is 6.10 Å². The average molecular weight is 785 g/mol. The highest BCUT2D eigenvalue weighted by Crippen LogP contribution is 2.36. The van der Waals surface area contributed by atoms with Crippen LogP contribution in [-0.2, 0) is 28.2 Å². The molecule has 1 atom stereocenters. The Morgan fingerprint density at radius 2 is 0.870 bits per heavy atom. The van der Waals surface area contributed by atoms with Gasteiger partial charge in [0, 0.05) is 12.8 Å². The second-order valence-corrected chi connectivity index (χ2v) is 16.6. The fourth-order valence-electron chi connectivity index (χ4n) is 6.59. The number of esters is 2. The Kier molecular flexibility index (Phi) is 40.1. The van der Waals surface area contributed by atoms with Crippen LogP contribution in [0.25, 0.3) is 0 Å². The Morgan fingerprint density at radius 3 is 1.30 bits per heavy atom. The number of phosphoric acid groups is 1. The number of carbonyl (C=O) groups is 2. The zero-order valence-electron chi connectivity index (χ0n) is 35.1. The van der Waals surface area contributed by atoms with Gasteiger partial charge in [-0.15, -0.1) is 0 Å². The van der Waals surface area contributed by atoms with Crippen LogP contribution in [0.1, 0.15) is 232 Å². The third kappa shape index (κ3) is 43.3. The summed E-state index contributed by atoms with van der Waals surface area (Å²) in [5, 5.41) is 0. The molecule has 0 aromatic carbocycles. The van der Waals surface area contributed by atoms with Crippen LogP contribution in [0.4, 0.5) is 0 Å². The second kappa shape index (κ2) is 41.2. The van der Waals surface area contributed by atoms with E-state index in [-0.39, 0.29) is 19.4 Å². The van der Waals surface area contributed by atoms with Crippen molar-refractivity contribution in [1.29, 1.82) is 0 Å². The molecule has 0 fully saturated rings. The molecule has 0 aromatic rings. The molecular formula is C45H85O8P. The lowest BCUT2D eigenvalue weighted by Crippen LogP contribution is -2.29. The van der Waals surface area contributed by atoms with E-state index in [1.54, 1.807) is 0 Å². The van der Waals surface area contributed by atoms with Crippen LogP contribution < -0.4 is 0 Å². The molecule has 8 nitrogen and oxygen atoms in total. The largest absolute Gasteiger partial charge is 0.469 e. The molecule has 0 saturated heterocycles. The van der Waals surface area contributed by atoms with Gasteiger partial charge in [-0.25, -0.2) is 4.57 Å². The molecule has 0 aliphatic carbocycles. The van der Waals surface area contributed by atoms with E-state index >= 15 is 0 Å². The number of carbonyl (C=O) groups excluding carboxylic acids is 2. The van der Waals surface area contributed by atoms with Crippen molar-refractivity contribution in [2.75, 3.05) is 13.2 Å². The normalized spacial score (nSPS) is 12.6. The zero-order chi connectivity index (χ0) is 39.6. The quantitative estimate of drug-likeness (QED) is 0.0272. The van der Waals surface area contributed by atoms with Crippen molar-refractivity contribution in [2.45, 2.75) is 238 Å². The highest BCUT2D eigenvalue weighted by atomic mass is 31.2. The van der Waals surface area contributed by atoms with Gasteiger partial charge in [0.2, 0.25) is 0 Å². The van der Waals surface area contributed by atoms with Crippen molar-refractivity contribution >= 4 is 19.8 Å². The summed E-state index contributed by atoms with van der Waals surface area (Å²) in [6, 6.07) is 0. The first-order chi connectivity index (χ1) is 26.3. The standard InChI is InChI=1S/C45H85O8P/c1-3-5-7-9-11-13-15-17-18-19-20-21-22-23-24-25-26-28-29-31-33-35-37-39-44(46)51-41-43(42-52-54(48,49)50)53-45(47)40-38-36-34-32-30-27-16-14-12-10-8-6-4-2/h8,10,14,16,43H,3-7,9,11-13,15,17-42H2,1-2H3,(H2,48,49,50)/b10-8-,16-14-. The molecule has 0 radical (unpaired) electrons. The molecule has 0 rings (SSSR count). The molecule has 0 amide bonds. The Bertz CT molecular complexity index is 931. The van der Waals surface area contributed by atoms with Crippen LogP contribution in [0.3, 0.4) is 0 Å².